The van der Waals surface area contributed by atoms with Gasteiger partial charge >= 0.3 is 0 Å². The molecule has 0 spiro atoms. The van der Waals surface area contributed by atoms with E-state index in [2.05, 4.69) is 10.8 Å². The van der Waals surface area contributed by atoms with Crippen LogP contribution in [0.1, 0.15) is 12.8 Å². The van der Waals surface area contributed by atoms with E-state index in [0.29, 0.717) is 12.7 Å². The van der Waals surface area contributed by atoms with Crippen LogP contribution in [0.25, 0.3) is 0 Å². The predicted molar refractivity (Wildman–Crippen MR) is 55.0 cm³/mol. The fourth-order valence-electron chi connectivity index (χ4n) is 2.25. The van der Waals surface area contributed by atoms with Crippen LogP contribution in [0.5, 0.6) is 0 Å². The van der Waals surface area contributed by atoms with E-state index in [9.17, 15) is 0 Å². The van der Waals surface area contributed by atoms with Gasteiger partial charge in [-0.25, -0.2) is 0 Å². The maximum Gasteiger partial charge on any atom is 0.107 e. The Balaban J connectivity index is 0.000000845. The van der Waals surface area contributed by atoms with E-state index in [1.54, 1.807) is 0 Å². The van der Waals surface area contributed by atoms with Gasteiger partial charge in [0.25, 0.3) is 0 Å². The molecule has 0 unspecified atom stereocenters. The Labute approximate surface area is 86.0 Å². The van der Waals surface area contributed by atoms with E-state index in [4.69, 9.17) is 11.2 Å². The second-order valence-electron chi connectivity index (χ2n) is 3.69. The molecule has 0 radical (unpaired) electrons. The summed E-state index contributed by atoms with van der Waals surface area (Å²) in [5.74, 6) is 3.31. The highest BCUT2D eigenvalue weighted by Gasteiger charge is 2.34. The van der Waals surface area contributed by atoms with Crippen LogP contribution in [0.3, 0.4) is 0 Å². The quantitative estimate of drug-likeness (QED) is 0.622. The smallest absolute Gasteiger partial charge is 0.107 e. The van der Waals surface area contributed by atoms with Crippen LogP contribution in [0.2, 0.25) is 0 Å². The average molecular weight is 202 g/mol. The van der Waals surface area contributed by atoms with Gasteiger partial charge in [-0.2, -0.15) is 0 Å². The minimum absolute atomic E-state index is 0. The van der Waals surface area contributed by atoms with E-state index in [1.807, 2.05) is 0 Å². The summed E-state index contributed by atoms with van der Waals surface area (Å²) in [6.45, 7) is 4.11. The highest BCUT2D eigenvalue weighted by atomic mass is 35.5. The molecule has 2 bridgehead atoms. The molecule has 3 rings (SSSR count). The van der Waals surface area contributed by atoms with Crippen molar-refractivity contribution in [3.05, 3.63) is 0 Å². The lowest BCUT2D eigenvalue weighted by atomic mass is 9.86. The summed E-state index contributed by atoms with van der Waals surface area (Å²) in [5, 5.41) is 0. The first-order valence-electron chi connectivity index (χ1n) is 4.67. The molecule has 13 heavy (non-hydrogen) atoms. The molecule has 2 nitrogen and oxygen atoms in total. The van der Waals surface area contributed by atoms with Gasteiger partial charge in [-0.1, -0.05) is 5.92 Å². The number of hydrogen-bond acceptors (Lipinski definition) is 2. The van der Waals surface area contributed by atoms with Crippen molar-refractivity contribution in [1.29, 1.82) is 0 Å². The van der Waals surface area contributed by atoms with Crippen LogP contribution in [-0.2, 0) is 4.74 Å². The van der Waals surface area contributed by atoms with E-state index in [1.165, 1.54) is 25.9 Å². The summed E-state index contributed by atoms with van der Waals surface area (Å²) in [5.41, 5.74) is 0. The molecule has 0 aromatic carbocycles. The Bertz CT molecular complexity index is 194. The number of halogens is 1. The molecular weight excluding hydrogens is 186 g/mol. The van der Waals surface area contributed by atoms with Gasteiger partial charge in [0.15, 0.2) is 0 Å². The molecule has 3 saturated heterocycles. The number of ether oxygens (including phenoxy) is 1. The summed E-state index contributed by atoms with van der Waals surface area (Å²) in [7, 11) is 0. The zero-order valence-electron chi connectivity index (χ0n) is 7.74. The highest BCUT2D eigenvalue weighted by molar-refractivity contribution is 5.85. The van der Waals surface area contributed by atoms with Crippen LogP contribution in [0, 0.1) is 18.3 Å². The molecule has 0 amide bonds. The van der Waals surface area contributed by atoms with Gasteiger partial charge in [-0.05, 0) is 31.8 Å². The number of terminal acetylenes is 1. The second kappa shape index (κ2) is 4.85. The van der Waals surface area contributed by atoms with Gasteiger partial charge < -0.3 is 9.64 Å². The Morgan fingerprint density at radius 3 is 2.54 bits per heavy atom. The number of rotatable bonds is 2. The molecular formula is C10H16ClNO. The maximum atomic E-state index is 5.59. The van der Waals surface area contributed by atoms with Gasteiger partial charge in [0.1, 0.15) is 6.61 Å². The molecule has 0 aromatic rings. The van der Waals surface area contributed by atoms with Crippen LogP contribution in [-0.4, -0.2) is 37.2 Å². The largest absolute Gasteiger partial charge is 0.364 e. The third-order valence-corrected chi connectivity index (χ3v) is 2.98. The lowest BCUT2D eigenvalue weighted by Gasteiger charge is -2.44. The normalized spacial score (nSPS) is 36.4. The fraction of sp³-hybridized carbons (Fsp3) is 0.800. The molecule has 0 aliphatic carbocycles. The summed E-state index contributed by atoms with van der Waals surface area (Å²) < 4.78 is 5.59. The average Bonchev–Trinajstić information content (AvgIpc) is 2.17. The third-order valence-electron chi connectivity index (χ3n) is 2.98. The van der Waals surface area contributed by atoms with Crippen LogP contribution >= 0.6 is 12.4 Å². The molecule has 0 saturated carbocycles. The molecule has 3 aliphatic heterocycles. The Hall–Kier alpha value is -0.230. The summed E-state index contributed by atoms with van der Waals surface area (Å²) in [4.78, 5) is 2.47. The van der Waals surface area contributed by atoms with Gasteiger partial charge in [0.05, 0.1) is 6.10 Å². The molecule has 3 heterocycles. The van der Waals surface area contributed by atoms with E-state index in [-0.39, 0.29) is 12.4 Å². The standard InChI is InChI=1S/C10H15NO.ClH/c1-2-7-12-10-8-11-5-3-9(10)4-6-11;/h1,9-10H,3-8H2;1H/t10-;/m1./s1. The molecule has 74 valence electrons. The minimum Gasteiger partial charge on any atom is -0.364 e. The van der Waals surface area contributed by atoms with Crippen molar-refractivity contribution in [2.75, 3.05) is 26.2 Å². The first kappa shape index (κ1) is 10.8. The summed E-state index contributed by atoms with van der Waals surface area (Å²) in [6, 6.07) is 0. The molecule has 3 aliphatic rings. The fourth-order valence-corrected chi connectivity index (χ4v) is 2.25. The number of piperidine rings is 3. The first-order valence-corrected chi connectivity index (χ1v) is 4.67. The van der Waals surface area contributed by atoms with Crippen LogP contribution in [0.15, 0.2) is 0 Å². The van der Waals surface area contributed by atoms with Crippen molar-refractivity contribution in [3.63, 3.8) is 0 Å². The van der Waals surface area contributed by atoms with E-state index >= 15 is 0 Å². The Morgan fingerprint density at radius 2 is 2.08 bits per heavy atom. The van der Waals surface area contributed by atoms with Crippen molar-refractivity contribution < 1.29 is 4.74 Å². The molecule has 3 fully saturated rings. The topological polar surface area (TPSA) is 12.5 Å². The monoisotopic (exact) mass is 201 g/mol. The van der Waals surface area contributed by atoms with Gasteiger partial charge in [-0.3, -0.25) is 0 Å². The van der Waals surface area contributed by atoms with Gasteiger partial charge in [0, 0.05) is 6.54 Å². The molecule has 1 atom stereocenters. The number of fused-ring (bicyclic) bond motifs is 3. The second-order valence-corrected chi connectivity index (χ2v) is 3.69. The number of hydrogen-bond donors (Lipinski definition) is 0. The van der Waals surface area contributed by atoms with Crippen LogP contribution in [0.4, 0.5) is 0 Å². The minimum atomic E-state index is 0. The molecule has 0 aromatic heterocycles. The lowest BCUT2D eigenvalue weighted by molar-refractivity contribution is -0.0588. The summed E-state index contributed by atoms with van der Waals surface area (Å²) in [6.07, 6.45) is 8.18. The third kappa shape index (κ3) is 2.37. The van der Waals surface area contributed by atoms with Crippen LogP contribution < -0.4 is 0 Å². The molecule has 3 heteroatoms. The first-order chi connectivity index (χ1) is 5.90. The summed E-state index contributed by atoms with van der Waals surface area (Å²) >= 11 is 0. The van der Waals surface area contributed by atoms with E-state index in [0.717, 1.165) is 12.5 Å². The number of nitrogens with zero attached hydrogens (tertiary/aromatic N) is 1. The zero-order chi connectivity index (χ0) is 8.39. The maximum absolute atomic E-state index is 5.59. The van der Waals surface area contributed by atoms with Crippen molar-refractivity contribution in [3.8, 4) is 12.3 Å². The Morgan fingerprint density at radius 1 is 1.38 bits per heavy atom. The van der Waals surface area contributed by atoms with Crippen molar-refractivity contribution in [1.82, 2.24) is 4.90 Å². The highest BCUT2D eigenvalue weighted by Crippen LogP contribution is 2.29. The van der Waals surface area contributed by atoms with Crippen molar-refractivity contribution in [2.24, 2.45) is 5.92 Å². The predicted octanol–water partition coefficient (Wildman–Crippen LogP) is 1.15. The van der Waals surface area contributed by atoms with Crippen molar-refractivity contribution >= 4 is 12.4 Å². The Kier molecular flexibility index (Phi) is 4.05. The lowest BCUT2D eigenvalue weighted by Crippen LogP contribution is -2.51. The zero-order valence-corrected chi connectivity index (χ0v) is 8.55. The van der Waals surface area contributed by atoms with Crippen molar-refractivity contribution in [2.45, 2.75) is 18.9 Å². The van der Waals surface area contributed by atoms with E-state index < -0.39 is 0 Å². The van der Waals surface area contributed by atoms with Gasteiger partial charge in [-0.15, -0.1) is 18.8 Å². The molecule has 0 N–H and O–H groups in total. The SMILES string of the molecule is C#CCO[C@@H]1CN2CCC1CC2.Cl. The van der Waals surface area contributed by atoms with Gasteiger partial charge in [0.2, 0.25) is 0 Å².